The van der Waals surface area contributed by atoms with Crippen LogP contribution in [0.15, 0.2) is 46.7 Å². The lowest BCUT2D eigenvalue weighted by Crippen LogP contribution is -2.51. The standard InChI is InChI=1S/C25H34F3N3O2/c1-6-16(2)19-11-13-29-15-21-22(19)20(12-14-31(21)23(32)33-24(3,4)5)30-18-9-7-17(8-10-18)25(26,27)28/h7-10,21,29-30H,6,11-15H2,1-5H3. The van der Waals surface area contributed by atoms with E-state index < -0.39 is 17.3 Å². The van der Waals surface area contributed by atoms with Crippen molar-refractivity contribution in [2.75, 3.05) is 25.0 Å². The van der Waals surface area contributed by atoms with Crippen LogP contribution in [0.25, 0.3) is 0 Å². The van der Waals surface area contributed by atoms with E-state index in [1.54, 1.807) is 4.90 Å². The van der Waals surface area contributed by atoms with Crippen molar-refractivity contribution in [1.82, 2.24) is 10.2 Å². The largest absolute Gasteiger partial charge is 0.444 e. The molecule has 2 N–H and O–H groups in total. The van der Waals surface area contributed by atoms with E-state index in [2.05, 4.69) is 24.5 Å². The Labute approximate surface area is 194 Å². The highest BCUT2D eigenvalue weighted by molar-refractivity contribution is 5.71. The van der Waals surface area contributed by atoms with Gasteiger partial charge in [-0.3, -0.25) is 4.90 Å². The normalized spacial score (nSPS) is 21.3. The third-order valence-corrected chi connectivity index (χ3v) is 6.03. The number of alkyl halides is 3. The van der Waals surface area contributed by atoms with Crippen LogP contribution < -0.4 is 10.6 Å². The van der Waals surface area contributed by atoms with Crippen LogP contribution in [0.1, 0.15) is 59.4 Å². The highest BCUT2D eigenvalue weighted by Gasteiger charge is 2.38. The number of anilines is 1. The van der Waals surface area contributed by atoms with Crippen molar-refractivity contribution >= 4 is 11.8 Å². The Morgan fingerprint density at radius 1 is 1.18 bits per heavy atom. The monoisotopic (exact) mass is 465 g/mol. The minimum atomic E-state index is -4.37. The van der Waals surface area contributed by atoms with E-state index in [1.165, 1.54) is 23.3 Å². The maximum absolute atomic E-state index is 13.0. The Morgan fingerprint density at radius 2 is 1.85 bits per heavy atom. The van der Waals surface area contributed by atoms with Crippen LogP contribution in [0.3, 0.4) is 0 Å². The predicted molar refractivity (Wildman–Crippen MR) is 124 cm³/mol. The topological polar surface area (TPSA) is 53.6 Å². The molecule has 3 rings (SSSR count). The Bertz CT molecular complexity index is 928. The zero-order valence-electron chi connectivity index (χ0n) is 20.0. The third kappa shape index (κ3) is 6.10. The summed E-state index contributed by atoms with van der Waals surface area (Å²) in [5, 5.41) is 6.82. The Kier molecular flexibility index (Phi) is 7.46. The van der Waals surface area contributed by atoms with Crippen molar-refractivity contribution in [1.29, 1.82) is 0 Å². The van der Waals surface area contributed by atoms with Gasteiger partial charge in [0.25, 0.3) is 0 Å². The second-order valence-corrected chi connectivity index (χ2v) is 9.60. The molecule has 8 heteroatoms. The summed E-state index contributed by atoms with van der Waals surface area (Å²) in [7, 11) is 0. The van der Waals surface area contributed by atoms with Gasteiger partial charge in [-0.25, -0.2) is 4.79 Å². The quantitative estimate of drug-likeness (QED) is 0.566. The maximum Gasteiger partial charge on any atom is 0.416 e. The number of ether oxygens (including phenoxy) is 1. The number of benzene rings is 1. The molecular formula is C25H34F3N3O2. The van der Waals surface area contributed by atoms with Crippen molar-refractivity contribution in [3.05, 3.63) is 52.2 Å². The van der Waals surface area contributed by atoms with Crippen LogP contribution in [0.2, 0.25) is 0 Å². The molecule has 5 nitrogen and oxygen atoms in total. The number of allylic oxidation sites excluding steroid dienone is 1. The number of hydrogen-bond acceptors (Lipinski definition) is 4. The van der Waals surface area contributed by atoms with Crippen LogP contribution in [-0.4, -0.2) is 42.3 Å². The number of carbonyl (C=O) groups is 1. The molecule has 1 fully saturated rings. The van der Waals surface area contributed by atoms with E-state index in [0.717, 1.165) is 42.8 Å². The van der Waals surface area contributed by atoms with Crippen LogP contribution in [0, 0.1) is 0 Å². The van der Waals surface area contributed by atoms with Gasteiger partial charge in [0.05, 0.1) is 11.6 Å². The first-order chi connectivity index (χ1) is 15.4. The minimum Gasteiger partial charge on any atom is -0.444 e. The SMILES string of the molecule is CCC(C)=C1CCNCC2C1=C(Nc1ccc(C(F)(F)F)cc1)CCN2C(=O)OC(C)(C)C. The number of nitrogens with zero attached hydrogens (tertiary/aromatic N) is 1. The number of amides is 1. The second-order valence-electron chi connectivity index (χ2n) is 9.60. The summed E-state index contributed by atoms with van der Waals surface area (Å²) in [4.78, 5) is 14.8. The zero-order valence-corrected chi connectivity index (χ0v) is 20.0. The number of rotatable bonds is 3. The maximum atomic E-state index is 13.0. The average molecular weight is 466 g/mol. The predicted octanol–water partition coefficient (Wildman–Crippen LogP) is 6.10. The van der Waals surface area contributed by atoms with Crippen LogP contribution in [0.5, 0.6) is 0 Å². The van der Waals surface area contributed by atoms with E-state index >= 15 is 0 Å². The molecule has 0 aliphatic carbocycles. The van der Waals surface area contributed by atoms with E-state index in [9.17, 15) is 18.0 Å². The van der Waals surface area contributed by atoms with Gasteiger partial charge in [-0.2, -0.15) is 13.2 Å². The number of halogens is 3. The minimum absolute atomic E-state index is 0.218. The molecule has 2 aliphatic rings. The van der Waals surface area contributed by atoms with Gasteiger partial charge in [0, 0.05) is 30.9 Å². The first-order valence-electron chi connectivity index (χ1n) is 11.5. The van der Waals surface area contributed by atoms with Crippen LogP contribution in [-0.2, 0) is 10.9 Å². The molecular weight excluding hydrogens is 431 g/mol. The van der Waals surface area contributed by atoms with Gasteiger partial charge in [-0.1, -0.05) is 12.5 Å². The fourth-order valence-electron chi connectivity index (χ4n) is 4.30. The molecule has 0 radical (unpaired) electrons. The van der Waals surface area contributed by atoms with E-state index in [-0.39, 0.29) is 12.1 Å². The van der Waals surface area contributed by atoms with Crippen molar-refractivity contribution < 1.29 is 22.7 Å². The fourth-order valence-corrected chi connectivity index (χ4v) is 4.30. The molecule has 0 bridgehead atoms. The Balaban J connectivity index is 2.02. The molecule has 0 aromatic heterocycles. The molecule has 1 aromatic carbocycles. The lowest BCUT2D eigenvalue weighted by atomic mass is 9.86. The smallest absolute Gasteiger partial charge is 0.416 e. The summed E-state index contributed by atoms with van der Waals surface area (Å²) in [6.45, 7) is 11.6. The number of fused-ring (bicyclic) bond motifs is 1. The lowest BCUT2D eigenvalue weighted by Gasteiger charge is -2.40. The van der Waals surface area contributed by atoms with E-state index in [0.29, 0.717) is 25.2 Å². The molecule has 182 valence electrons. The molecule has 1 aromatic rings. The highest BCUT2D eigenvalue weighted by Crippen LogP contribution is 2.36. The van der Waals surface area contributed by atoms with E-state index in [4.69, 9.17) is 4.74 Å². The van der Waals surface area contributed by atoms with Gasteiger partial charge in [-0.15, -0.1) is 0 Å². The summed E-state index contributed by atoms with van der Waals surface area (Å²) in [5.74, 6) is 0. The van der Waals surface area contributed by atoms with Gasteiger partial charge < -0.3 is 15.4 Å². The fraction of sp³-hybridized carbons (Fsp3) is 0.560. The van der Waals surface area contributed by atoms with Crippen molar-refractivity contribution in [2.24, 2.45) is 0 Å². The second kappa shape index (κ2) is 9.79. The van der Waals surface area contributed by atoms with Gasteiger partial charge >= 0.3 is 12.3 Å². The first kappa shape index (κ1) is 25.1. The molecule has 2 heterocycles. The summed E-state index contributed by atoms with van der Waals surface area (Å²) < 4.78 is 44.6. The number of hydrogen-bond donors (Lipinski definition) is 2. The zero-order chi connectivity index (χ0) is 24.4. The lowest BCUT2D eigenvalue weighted by molar-refractivity contribution is -0.137. The van der Waals surface area contributed by atoms with Crippen LogP contribution in [0.4, 0.5) is 23.7 Å². The van der Waals surface area contributed by atoms with Crippen molar-refractivity contribution in [3.63, 3.8) is 0 Å². The molecule has 1 atom stereocenters. The summed E-state index contributed by atoms with van der Waals surface area (Å²) in [6, 6.07) is 4.87. The van der Waals surface area contributed by atoms with Crippen molar-refractivity contribution in [2.45, 2.75) is 71.7 Å². The molecule has 1 amide bonds. The van der Waals surface area contributed by atoms with Gasteiger partial charge in [-0.05, 0) is 82.5 Å². The number of nitrogens with one attached hydrogen (secondary N) is 2. The molecule has 33 heavy (non-hydrogen) atoms. The summed E-state index contributed by atoms with van der Waals surface area (Å²) in [6.07, 6.45) is -2.45. The molecule has 1 saturated heterocycles. The summed E-state index contributed by atoms with van der Waals surface area (Å²) >= 11 is 0. The third-order valence-electron chi connectivity index (χ3n) is 6.03. The molecule has 0 spiro atoms. The van der Waals surface area contributed by atoms with Crippen LogP contribution >= 0.6 is 0 Å². The molecule has 2 aliphatic heterocycles. The number of carbonyl (C=O) groups excluding carboxylic acids is 1. The summed E-state index contributed by atoms with van der Waals surface area (Å²) in [5.41, 5.74) is 3.77. The average Bonchev–Trinajstić information content (AvgIpc) is 2.95. The van der Waals surface area contributed by atoms with Gasteiger partial charge in [0.2, 0.25) is 0 Å². The Hall–Kier alpha value is -2.48. The Morgan fingerprint density at radius 3 is 2.42 bits per heavy atom. The van der Waals surface area contributed by atoms with Crippen molar-refractivity contribution in [3.8, 4) is 0 Å². The molecule has 1 unspecified atom stereocenters. The first-order valence-corrected chi connectivity index (χ1v) is 11.5. The molecule has 0 saturated carbocycles. The highest BCUT2D eigenvalue weighted by atomic mass is 19.4. The van der Waals surface area contributed by atoms with Gasteiger partial charge in [0.15, 0.2) is 0 Å². The van der Waals surface area contributed by atoms with Gasteiger partial charge in [0.1, 0.15) is 5.60 Å². The van der Waals surface area contributed by atoms with E-state index in [1.807, 2.05) is 20.8 Å².